The molecule has 10 rings (SSSR count). The summed E-state index contributed by atoms with van der Waals surface area (Å²) in [4.78, 5) is 88.7. The van der Waals surface area contributed by atoms with Gasteiger partial charge in [0.1, 0.15) is 35.0 Å². The molecule has 1 fully saturated rings. The predicted molar refractivity (Wildman–Crippen MR) is 339 cm³/mol. The summed E-state index contributed by atoms with van der Waals surface area (Å²) in [6, 6.07) is 36.5. The van der Waals surface area contributed by atoms with Gasteiger partial charge in [-0.15, -0.1) is 11.3 Å². The van der Waals surface area contributed by atoms with Crippen LogP contribution in [0.25, 0.3) is 31.8 Å². The van der Waals surface area contributed by atoms with E-state index in [1.54, 1.807) is 11.3 Å². The highest BCUT2D eigenvalue weighted by molar-refractivity contribution is 7.22. The molecule has 5 heterocycles. The number of pyridine rings is 1. The zero-order valence-corrected chi connectivity index (χ0v) is 52.0. The highest BCUT2D eigenvalue weighted by atomic mass is 32.1. The summed E-state index contributed by atoms with van der Waals surface area (Å²) in [6.45, 7) is 19.9. The van der Waals surface area contributed by atoms with Crippen molar-refractivity contribution in [2.24, 2.45) is 11.3 Å². The SMILES string of the molecule is Cc1ncsc1-c1ccc([C@H](C)NC(=O)[C@@H]2C[C@@H](O)CN2C(=O)[C@@H](NC(=O)C[C@@H](C)Cc2ccc(Oc3cccc(-c4ccc(N5CCc6cccc(C(=O)Nc7nc8ccccc8s7)c6C5)nc4C(=O)OC(C)(C)C)c3C)cc2)C(C)(C)C)cc1. The first kappa shape index (κ1) is 60.8. The molecule has 2 aliphatic rings. The first-order chi connectivity index (χ1) is 41.0. The lowest BCUT2D eigenvalue weighted by atomic mass is 9.85. The largest absolute Gasteiger partial charge is 0.457 e. The number of esters is 1. The van der Waals surface area contributed by atoms with Gasteiger partial charge in [0.05, 0.1) is 38.4 Å². The van der Waals surface area contributed by atoms with Crippen molar-refractivity contribution in [3.8, 4) is 33.1 Å². The number of aryl methyl sites for hydroxylation is 1. The number of carbonyl (C=O) groups excluding carboxylic acids is 5. The van der Waals surface area contributed by atoms with E-state index in [2.05, 4.69) is 30.8 Å². The number of aliphatic hydroxyl groups excluding tert-OH is 1. The molecule has 2 aliphatic heterocycles. The van der Waals surface area contributed by atoms with Crippen LogP contribution in [-0.4, -0.2) is 91.4 Å². The number of ether oxygens (including phenoxy) is 2. The number of hydrogen-bond donors (Lipinski definition) is 4. The van der Waals surface area contributed by atoms with Gasteiger partial charge >= 0.3 is 5.97 Å². The van der Waals surface area contributed by atoms with Crippen LogP contribution in [0.4, 0.5) is 10.9 Å². The van der Waals surface area contributed by atoms with Gasteiger partial charge in [-0.1, -0.05) is 112 Å². The van der Waals surface area contributed by atoms with Crippen molar-refractivity contribution in [3.63, 3.8) is 0 Å². The maximum absolute atomic E-state index is 14.4. The van der Waals surface area contributed by atoms with Crippen LogP contribution in [0, 0.1) is 25.2 Å². The molecule has 0 spiro atoms. The normalized spacial score (nSPS) is 16.2. The number of nitrogens with one attached hydrogen (secondary N) is 3. The Hall–Kier alpha value is -8.32. The predicted octanol–water partition coefficient (Wildman–Crippen LogP) is 12.6. The molecular formula is C68H74N8O8S2. The van der Waals surface area contributed by atoms with E-state index in [1.807, 2.05) is 196 Å². The minimum absolute atomic E-state index is 0.0199. The molecule has 0 unspecified atom stereocenters. The minimum Gasteiger partial charge on any atom is -0.457 e. The second-order valence-corrected chi connectivity index (χ2v) is 26.6. The topological polar surface area (TPSA) is 205 Å². The summed E-state index contributed by atoms with van der Waals surface area (Å²) in [5, 5.41) is 20.4. The number of hydrogen-bond acceptors (Lipinski definition) is 14. The second kappa shape index (κ2) is 25.3. The Bertz CT molecular complexity index is 3790. The smallest absolute Gasteiger partial charge is 0.358 e. The fourth-order valence-corrected chi connectivity index (χ4v) is 12.9. The van der Waals surface area contributed by atoms with E-state index in [1.165, 1.54) is 16.2 Å². The number of anilines is 2. The monoisotopic (exact) mass is 1190 g/mol. The van der Waals surface area contributed by atoms with Crippen LogP contribution in [0.3, 0.4) is 0 Å². The van der Waals surface area contributed by atoms with E-state index in [-0.39, 0.29) is 54.8 Å². The molecule has 16 nitrogen and oxygen atoms in total. The molecule has 3 aromatic heterocycles. The lowest BCUT2D eigenvalue weighted by Gasteiger charge is -2.35. The van der Waals surface area contributed by atoms with Gasteiger partial charge in [-0.2, -0.15) is 0 Å². The maximum atomic E-state index is 14.4. The van der Waals surface area contributed by atoms with Crippen LogP contribution >= 0.6 is 22.7 Å². The Morgan fingerprint density at radius 1 is 0.814 bits per heavy atom. The van der Waals surface area contributed by atoms with Crippen LogP contribution in [0.2, 0.25) is 0 Å². The Morgan fingerprint density at radius 3 is 2.27 bits per heavy atom. The van der Waals surface area contributed by atoms with E-state index >= 15 is 0 Å². The van der Waals surface area contributed by atoms with Crippen LogP contribution in [0.1, 0.15) is 129 Å². The Morgan fingerprint density at radius 2 is 1.56 bits per heavy atom. The van der Waals surface area contributed by atoms with Gasteiger partial charge in [-0.25, -0.2) is 19.7 Å². The number of benzene rings is 5. The number of para-hydroxylation sites is 1. The van der Waals surface area contributed by atoms with Gasteiger partial charge in [0.15, 0.2) is 10.8 Å². The van der Waals surface area contributed by atoms with Crippen molar-refractivity contribution in [2.45, 2.75) is 131 Å². The third kappa shape index (κ3) is 14.0. The molecular weight excluding hydrogens is 1120 g/mol. The summed E-state index contributed by atoms with van der Waals surface area (Å²) < 4.78 is 13.5. The number of nitrogens with zero attached hydrogens (tertiary/aromatic N) is 5. The summed E-state index contributed by atoms with van der Waals surface area (Å²) in [5.41, 5.74) is 9.82. The lowest BCUT2D eigenvalue weighted by Crippen LogP contribution is -2.58. The molecule has 0 radical (unpaired) electrons. The van der Waals surface area contributed by atoms with Crippen molar-refractivity contribution in [1.82, 2.24) is 30.5 Å². The van der Waals surface area contributed by atoms with E-state index in [0.29, 0.717) is 59.5 Å². The molecule has 5 atom stereocenters. The van der Waals surface area contributed by atoms with Crippen molar-refractivity contribution in [2.75, 3.05) is 23.3 Å². The molecule has 5 aromatic carbocycles. The molecule has 4 N–H and O–H groups in total. The third-order valence-corrected chi connectivity index (χ3v) is 17.7. The molecule has 4 amide bonds. The van der Waals surface area contributed by atoms with Gasteiger partial charge in [-0.3, -0.25) is 24.5 Å². The number of β-amino-alcohol motifs (C(OH)–C–C–N with tert-alkyl or cyclic N) is 1. The summed E-state index contributed by atoms with van der Waals surface area (Å²) >= 11 is 3.00. The first-order valence-electron chi connectivity index (χ1n) is 29.2. The van der Waals surface area contributed by atoms with Crippen LogP contribution in [0.15, 0.2) is 127 Å². The molecule has 0 bridgehead atoms. The number of aromatic nitrogens is 3. The van der Waals surface area contributed by atoms with Gasteiger partial charge in [-0.05, 0) is 153 Å². The Labute approximate surface area is 510 Å². The number of aliphatic hydroxyl groups is 1. The number of likely N-dealkylation sites (tertiary alicyclic amines) is 1. The van der Waals surface area contributed by atoms with Gasteiger partial charge in [0, 0.05) is 43.6 Å². The molecule has 8 aromatic rings. The fraction of sp³-hybridized carbons (Fsp3) is 0.353. The molecule has 446 valence electrons. The number of amides is 4. The van der Waals surface area contributed by atoms with Gasteiger partial charge < -0.3 is 35.0 Å². The van der Waals surface area contributed by atoms with Gasteiger partial charge in [0.2, 0.25) is 17.7 Å². The maximum Gasteiger partial charge on any atom is 0.358 e. The Balaban J connectivity index is 0.774. The van der Waals surface area contributed by atoms with Crippen molar-refractivity contribution < 1.29 is 38.6 Å². The second-order valence-electron chi connectivity index (χ2n) is 24.7. The summed E-state index contributed by atoms with van der Waals surface area (Å²) in [5.74, 6) is -0.226. The number of carbonyl (C=O) groups is 5. The molecule has 18 heteroatoms. The zero-order chi connectivity index (χ0) is 61.2. The van der Waals surface area contributed by atoms with E-state index in [0.717, 1.165) is 59.7 Å². The van der Waals surface area contributed by atoms with E-state index in [4.69, 9.17) is 14.5 Å². The quantitative estimate of drug-likeness (QED) is 0.0629. The number of fused-ring (bicyclic) bond motifs is 2. The standard InChI is InChI=1S/C68H74N8O8S2/c1-39(34-58(78)73-61(67(5,6)7)64(81)76-36-47(77)35-54(76)63(80)70-41(3)44-23-25-46(26-24-44)60-42(4)69-38-85-60)33-43-21-27-48(28-22-43)83-55-19-14-16-49(40(55)2)50-29-30-57(72-59(50)65(82)84-68(8,9)10)75-32-31-45-15-13-17-51(52(45)37-75)62(79)74-66-71-53-18-11-12-20-56(53)86-66/h11-30,38-39,41,47,54,61,77H,31-37H2,1-10H3,(H,70,80)(H,73,78)(H,71,74,79)/t39-,41-,47+,54-,61+/m0/s1. The average Bonchev–Trinajstić information content (AvgIpc) is 1.61. The zero-order valence-electron chi connectivity index (χ0n) is 50.3. The minimum atomic E-state index is -0.951. The first-order valence-corrected chi connectivity index (χ1v) is 30.9. The average molecular weight is 1200 g/mol. The third-order valence-electron chi connectivity index (χ3n) is 15.7. The summed E-state index contributed by atoms with van der Waals surface area (Å²) in [6.07, 6.45) is 0.591. The molecule has 0 aliphatic carbocycles. The number of rotatable bonds is 17. The molecule has 0 saturated carbocycles. The van der Waals surface area contributed by atoms with Crippen molar-refractivity contribution in [1.29, 1.82) is 0 Å². The molecule has 1 saturated heterocycles. The molecule has 86 heavy (non-hydrogen) atoms. The van der Waals surface area contributed by atoms with Crippen LogP contribution in [0.5, 0.6) is 11.5 Å². The van der Waals surface area contributed by atoms with E-state index < -0.39 is 41.1 Å². The van der Waals surface area contributed by atoms with Crippen molar-refractivity contribution in [3.05, 3.63) is 172 Å². The van der Waals surface area contributed by atoms with E-state index in [9.17, 15) is 29.1 Å². The summed E-state index contributed by atoms with van der Waals surface area (Å²) in [7, 11) is 0. The lowest BCUT2D eigenvalue weighted by molar-refractivity contribution is -0.144. The van der Waals surface area contributed by atoms with Crippen LogP contribution < -0.4 is 25.6 Å². The fourth-order valence-electron chi connectivity index (χ4n) is 11.3. The van der Waals surface area contributed by atoms with Crippen molar-refractivity contribution >= 4 is 73.4 Å². The van der Waals surface area contributed by atoms with Crippen LogP contribution in [-0.2, 0) is 38.5 Å². The highest BCUT2D eigenvalue weighted by Crippen LogP contribution is 2.38. The highest BCUT2D eigenvalue weighted by Gasteiger charge is 2.45. The number of thiazole rings is 2. The Kier molecular flexibility index (Phi) is 17.9. The van der Waals surface area contributed by atoms with Gasteiger partial charge in [0.25, 0.3) is 5.91 Å².